The summed E-state index contributed by atoms with van der Waals surface area (Å²) in [6.45, 7) is 1.30. The minimum Gasteiger partial charge on any atom is -0.507 e. The molecule has 156 valence electrons. The van der Waals surface area contributed by atoms with Gasteiger partial charge in [-0.1, -0.05) is 0 Å². The third-order valence-electron chi connectivity index (χ3n) is 5.42. The van der Waals surface area contributed by atoms with Crippen LogP contribution >= 0.6 is 0 Å². The predicted molar refractivity (Wildman–Crippen MR) is 103 cm³/mol. The molecule has 0 saturated carbocycles. The van der Waals surface area contributed by atoms with Crippen molar-refractivity contribution in [1.82, 2.24) is 0 Å². The zero-order valence-corrected chi connectivity index (χ0v) is 16.4. The highest BCUT2D eigenvalue weighted by atomic mass is 16.8. The number of hydrogen-bond acceptors (Lipinski definition) is 9. The highest BCUT2D eigenvalue weighted by molar-refractivity contribution is 6.00. The Kier molecular flexibility index (Phi) is 4.04. The van der Waals surface area contributed by atoms with Crippen LogP contribution in [0.25, 0.3) is 21.9 Å². The average molecular weight is 414 g/mol. The standard InChI is InChI=1S/C21H18O9/c1-8(22)27-14-6-9-15-13(28-21(9)29-14)7-12(26-3)17-18(24)16-10(23)4-5-11(25-2)19(16)30-20(15)17/h4-5,7,9,14,21,23H,6H2,1-3H3. The molecule has 2 aromatic carbocycles. The molecule has 3 atom stereocenters. The number of fused-ring (bicyclic) bond motifs is 6. The Morgan fingerprint density at radius 3 is 2.60 bits per heavy atom. The Bertz CT molecular complexity index is 1260. The Morgan fingerprint density at radius 1 is 1.13 bits per heavy atom. The SMILES string of the molecule is COc1ccc(O)c2c(=O)c3c(OC)cc4c(c3oc12)C1CC(OC(C)=O)OC1O4. The molecule has 0 aliphatic carbocycles. The maximum absolute atomic E-state index is 13.4. The highest BCUT2D eigenvalue weighted by Gasteiger charge is 2.47. The van der Waals surface area contributed by atoms with E-state index in [1.165, 1.54) is 33.3 Å². The van der Waals surface area contributed by atoms with E-state index >= 15 is 0 Å². The summed E-state index contributed by atoms with van der Waals surface area (Å²) in [7, 11) is 2.87. The van der Waals surface area contributed by atoms with Gasteiger partial charge in [-0.2, -0.15) is 0 Å². The van der Waals surface area contributed by atoms with Crippen LogP contribution in [-0.4, -0.2) is 37.9 Å². The molecule has 1 fully saturated rings. The molecule has 0 bridgehead atoms. The first-order valence-corrected chi connectivity index (χ1v) is 9.29. The molecule has 9 nitrogen and oxygen atoms in total. The van der Waals surface area contributed by atoms with E-state index in [1.54, 1.807) is 6.07 Å². The Labute approximate surface area is 169 Å². The van der Waals surface area contributed by atoms with Crippen LogP contribution in [0.15, 0.2) is 27.4 Å². The number of methoxy groups -OCH3 is 2. The summed E-state index contributed by atoms with van der Waals surface area (Å²) in [6.07, 6.45) is -1.10. The van der Waals surface area contributed by atoms with E-state index in [0.717, 1.165) is 0 Å². The lowest BCUT2D eigenvalue weighted by Gasteiger charge is -2.15. The van der Waals surface area contributed by atoms with Gasteiger partial charge in [0, 0.05) is 25.0 Å². The van der Waals surface area contributed by atoms with Gasteiger partial charge in [0.1, 0.15) is 33.6 Å². The highest BCUT2D eigenvalue weighted by Crippen LogP contribution is 2.52. The molecule has 9 heteroatoms. The van der Waals surface area contributed by atoms with Crippen molar-refractivity contribution in [1.29, 1.82) is 0 Å². The average Bonchev–Trinajstić information content (AvgIpc) is 3.23. The number of hydrogen-bond donors (Lipinski definition) is 1. The summed E-state index contributed by atoms with van der Waals surface area (Å²) < 4.78 is 33.6. The second-order valence-electron chi connectivity index (χ2n) is 7.12. The topological polar surface area (TPSA) is 114 Å². The van der Waals surface area contributed by atoms with Crippen LogP contribution in [-0.2, 0) is 14.3 Å². The van der Waals surface area contributed by atoms with Crippen LogP contribution in [0.5, 0.6) is 23.0 Å². The maximum Gasteiger partial charge on any atom is 0.304 e. The number of esters is 1. The van der Waals surface area contributed by atoms with Gasteiger partial charge in [-0.05, 0) is 12.1 Å². The molecule has 0 spiro atoms. The number of carbonyl (C=O) groups excluding carboxylic acids is 1. The van der Waals surface area contributed by atoms with E-state index in [1.807, 2.05) is 0 Å². The van der Waals surface area contributed by atoms with Gasteiger partial charge in [0.2, 0.25) is 18.0 Å². The van der Waals surface area contributed by atoms with Crippen molar-refractivity contribution in [3.63, 3.8) is 0 Å². The lowest BCUT2D eigenvalue weighted by molar-refractivity contribution is -0.188. The molecule has 0 radical (unpaired) electrons. The second-order valence-corrected chi connectivity index (χ2v) is 7.12. The second kappa shape index (κ2) is 6.53. The number of carbonyl (C=O) groups is 1. The van der Waals surface area contributed by atoms with Crippen molar-refractivity contribution in [2.75, 3.05) is 14.2 Å². The molecule has 5 rings (SSSR count). The van der Waals surface area contributed by atoms with E-state index < -0.39 is 24.0 Å². The molecule has 2 aliphatic rings. The predicted octanol–water partition coefficient (Wildman–Crippen LogP) is 2.78. The van der Waals surface area contributed by atoms with Crippen molar-refractivity contribution in [3.8, 4) is 23.0 Å². The lowest BCUT2D eigenvalue weighted by Crippen LogP contribution is -2.19. The molecule has 3 heterocycles. The van der Waals surface area contributed by atoms with E-state index in [-0.39, 0.29) is 39.4 Å². The molecule has 2 aliphatic heterocycles. The molecule has 1 saturated heterocycles. The van der Waals surface area contributed by atoms with Gasteiger partial charge in [0.05, 0.1) is 20.1 Å². The molecular formula is C21H18O9. The molecule has 1 N–H and O–H groups in total. The van der Waals surface area contributed by atoms with Gasteiger partial charge in [0.15, 0.2) is 11.3 Å². The zero-order valence-electron chi connectivity index (χ0n) is 16.4. The van der Waals surface area contributed by atoms with Gasteiger partial charge >= 0.3 is 5.97 Å². The largest absolute Gasteiger partial charge is 0.507 e. The van der Waals surface area contributed by atoms with Crippen LogP contribution in [0.2, 0.25) is 0 Å². The first-order chi connectivity index (χ1) is 14.4. The van der Waals surface area contributed by atoms with E-state index in [4.69, 9.17) is 28.1 Å². The fourth-order valence-corrected chi connectivity index (χ4v) is 4.19. The minimum absolute atomic E-state index is 0.00368. The van der Waals surface area contributed by atoms with Crippen LogP contribution in [0, 0.1) is 0 Å². The molecule has 0 amide bonds. The number of ether oxygens (including phenoxy) is 5. The van der Waals surface area contributed by atoms with E-state index in [2.05, 4.69) is 0 Å². The monoisotopic (exact) mass is 414 g/mol. The van der Waals surface area contributed by atoms with Crippen LogP contribution in [0.1, 0.15) is 24.8 Å². The van der Waals surface area contributed by atoms with Crippen molar-refractivity contribution in [3.05, 3.63) is 34.0 Å². The summed E-state index contributed by atoms with van der Waals surface area (Å²) in [5.41, 5.74) is 0.533. The molecule has 1 aromatic heterocycles. The first-order valence-electron chi connectivity index (χ1n) is 9.29. The number of benzene rings is 2. The van der Waals surface area contributed by atoms with Gasteiger partial charge < -0.3 is 33.2 Å². The third-order valence-corrected chi connectivity index (χ3v) is 5.42. The lowest BCUT2D eigenvalue weighted by atomic mass is 9.95. The van der Waals surface area contributed by atoms with Gasteiger partial charge in [-0.15, -0.1) is 0 Å². The van der Waals surface area contributed by atoms with Crippen molar-refractivity contribution in [2.45, 2.75) is 31.8 Å². The van der Waals surface area contributed by atoms with Crippen molar-refractivity contribution < 1.29 is 38.0 Å². The van der Waals surface area contributed by atoms with E-state index in [0.29, 0.717) is 23.5 Å². The maximum atomic E-state index is 13.4. The molecule has 3 aromatic rings. The fraction of sp³-hybridized carbons (Fsp3) is 0.333. The summed E-state index contributed by atoms with van der Waals surface area (Å²) in [5, 5.41) is 10.5. The summed E-state index contributed by atoms with van der Waals surface area (Å²) >= 11 is 0. The smallest absolute Gasteiger partial charge is 0.304 e. The normalized spacial score (nSPS) is 21.9. The van der Waals surface area contributed by atoms with Crippen LogP contribution in [0.4, 0.5) is 0 Å². The Morgan fingerprint density at radius 2 is 1.90 bits per heavy atom. The first kappa shape index (κ1) is 18.6. The van der Waals surface area contributed by atoms with Gasteiger partial charge in [0.25, 0.3) is 0 Å². The summed E-state index contributed by atoms with van der Waals surface area (Å²) in [5.74, 6) is 0.00102. The zero-order chi connectivity index (χ0) is 21.2. The molecular weight excluding hydrogens is 396 g/mol. The van der Waals surface area contributed by atoms with Crippen LogP contribution in [0.3, 0.4) is 0 Å². The summed E-state index contributed by atoms with van der Waals surface area (Å²) in [4.78, 5) is 24.7. The quantitative estimate of drug-likeness (QED) is 0.510. The molecule has 30 heavy (non-hydrogen) atoms. The number of phenols is 1. The number of rotatable bonds is 3. The summed E-state index contributed by atoms with van der Waals surface area (Å²) in [6, 6.07) is 4.49. The fourth-order valence-electron chi connectivity index (χ4n) is 4.19. The van der Waals surface area contributed by atoms with Gasteiger partial charge in [-0.3, -0.25) is 9.59 Å². The van der Waals surface area contributed by atoms with E-state index in [9.17, 15) is 14.7 Å². The Balaban J connectivity index is 1.80. The minimum atomic E-state index is -0.756. The van der Waals surface area contributed by atoms with Crippen molar-refractivity contribution >= 4 is 27.9 Å². The number of aromatic hydroxyl groups is 1. The number of phenolic OH excluding ortho intramolecular Hbond substituents is 1. The van der Waals surface area contributed by atoms with Crippen molar-refractivity contribution in [2.24, 2.45) is 0 Å². The third kappa shape index (κ3) is 2.51. The van der Waals surface area contributed by atoms with Gasteiger partial charge in [-0.25, -0.2) is 0 Å². The molecule has 3 unspecified atom stereocenters. The Hall–Kier alpha value is -3.46. The van der Waals surface area contributed by atoms with Crippen LogP contribution < -0.4 is 19.6 Å².